The summed E-state index contributed by atoms with van der Waals surface area (Å²) in [5.74, 6) is -2.25. The Hall–Kier alpha value is -3.52. The van der Waals surface area contributed by atoms with Crippen molar-refractivity contribution in [1.29, 1.82) is 0 Å². The molecule has 2 saturated heterocycles. The Labute approximate surface area is 288 Å². The second-order valence-corrected chi connectivity index (χ2v) is 14.0. The summed E-state index contributed by atoms with van der Waals surface area (Å²) in [5.41, 5.74) is 6.04. The smallest absolute Gasteiger partial charge is 0.404 e. The highest BCUT2D eigenvalue weighted by Gasteiger charge is 2.45. The minimum Gasteiger partial charge on any atom is -0.404 e. The molecule has 0 spiro atoms. The predicted octanol–water partition coefficient (Wildman–Crippen LogP) is 1.54. The molecule has 0 radical (unpaired) electrons. The highest BCUT2D eigenvalue weighted by atomic mass is 31.2. The third-order valence-corrected chi connectivity index (χ3v) is 9.55. The fraction of sp³-hybridized carbons (Fsp3) is 0.667. The topological polar surface area (TPSA) is 229 Å². The summed E-state index contributed by atoms with van der Waals surface area (Å²) >= 11 is 0. The Balaban J connectivity index is 1.62. The lowest BCUT2D eigenvalue weighted by Gasteiger charge is -2.32. The van der Waals surface area contributed by atoms with Gasteiger partial charge in [-0.25, -0.2) is 4.57 Å². The number of carbonyl (C=O) groups excluding carboxylic acids is 5. The van der Waals surface area contributed by atoms with Gasteiger partial charge in [0.2, 0.25) is 29.5 Å². The van der Waals surface area contributed by atoms with Crippen LogP contribution in [0.15, 0.2) is 24.3 Å². The number of nitrogens with zero attached hydrogens (tertiary/aromatic N) is 1. The average Bonchev–Trinajstić information content (AvgIpc) is 3.41. The summed E-state index contributed by atoms with van der Waals surface area (Å²) in [6, 6.07) is 2.40. The SMILES string of the molecule is CCCCCCCCNC(=O)[C@H](CCC(N)=O)NC(=O)[C@@H]1CC[C@@H]2CCC[C@H](NC(=O)[C@H](Cc3ccc(OP(=O)(O)O)cc3)NC)C(=O)N21. The summed E-state index contributed by atoms with van der Waals surface area (Å²) in [6.07, 6.45) is 9.29. The van der Waals surface area contributed by atoms with Crippen molar-refractivity contribution in [2.24, 2.45) is 5.73 Å². The molecule has 0 aromatic heterocycles. The highest BCUT2D eigenvalue weighted by Crippen LogP contribution is 2.37. The lowest BCUT2D eigenvalue weighted by atomic mass is 10.0. The van der Waals surface area contributed by atoms with Crippen LogP contribution >= 0.6 is 7.82 Å². The first-order chi connectivity index (χ1) is 23.3. The van der Waals surface area contributed by atoms with Gasteiger partial charge >= 0.3 is 7.82 Å². The molecule has 2 fully saturated rings. The molecule has 15 nitrogen and oxygen atoms in total. The van der Waals surface area contributed by atoms with Crippen molar-refractivity contribution >= 4 is 37.4 Å². The maximum atomic E-state index is 13.9. The summed E-state index contributed by atoms with van der Waals surface area (Å²) < 4.78 is 15.7. The molecule has 1 aromatic rings. The van der Waals surface area contributed by atoms with E-state index in [0.717, 1.165) is 32.1 Å². The molecule has 0 saturated carbocycles. The van der Waals surface area contributed by atoms with E-state index in [-0.39, 0.29) is 37.0 Å². The first-order valence-corrected chi connectivity index (χ1v) is 18.9. The van der Waals surface area contributed by atoms with Gasteiger partial charge in [-0.05, 0) is 76.1 Å². The molecule has 5 atom stereocenters. The number of likely N-dealkylation sites (N-methyl/N-ethyl adjacent to an activating group) is 1. The molecule has 0 aliphatic carbocycles. The Kier molecular flexibility index (Phi) is 16.0. The zero-order chi connectivity index (χ0) is 36.0. The van der Waals surface area contributed by atoms with Gasteiger partial charge in [0.05, 0.1) is 6.04 Å². The molecule has 0 unspecified atom stereocenters. The van der Waals surface area contributed by atoms with Crippen LogP contribution in [0.3, 0.4) is 0 Å². The van der Waals surface area contributed by atoms with E-state index in [2.05, 4.69) is 32.7 Å². The fourth-order valence-corrected chi connectivity index (χ4v) is 6.87. The molecule has 5 amide bonds. The van der Waals surface area contributed by atoms with Gasteiger partial charge in [0.1, 0.15) is 23.9 Å². The van der Waals surface area contributed by atoms with E-state index >= 15 is 0 Å². The minimum absolute atomic E-state index is 0.0154. The molecule has 3 rings (SSSR count). The van der Waals surface area contributed by atoms with E-state index in [1.54, 1.807) is 24.1 Å². The van der Waals surface area contributed by atoms with Crippen LogP contribution in [0.1, 0.15) is 96.0 Å². The molecule has 16 heteroatoms. The van der Waals surface area contributed by atoms with Crippen LogP contribution in [0.4, 0.5) is 0 Å². The van der Waals surface area contributed by atoms with Gasteiger partial charge in [-0.15, -0.1) is 0 Å². The van der Waals surface area contributed by atoms with E-state index in [0.29, 0.717) is 44.2 Å². The van der Waals surface area contributed by atoms with Crippen molar-refractivity contribution in [3.63, 3.8) is 0 Å². The van der Waals surface area contributed by atoms with Crippen LogP contribution in [-0.4, -0.2) is 88.0 Å². The van der Waals surface area contributed by atoms with Crippen LogP contribution in [-0.2, 0) is 35.0 Å². The quantitative estimate of drug-likeness (QED) is 0.0763. The number of carbonyl (C=O) groups is 5. The van der Waals surface area contributed by atoms with Crippen molar-refractivity contribution in [1.82, 2.24) is 26.2 Å². The van der Waals surface area contributed by atoms with Gasteiger partial charge < -0.3 is 36.4 Å². The zero-order valence-electron chi connectivity index (χ0n) is 28.5. The maximum absolute atomic E-state index is 13.9. The number of hydrogen-bond acceptors (Lipinski definition) is 8. The number of nitrogens with one attached hydrogen (secondary N) is 4. The van der Waals surface area contributed by atoms with E-state index in [1.165, 1.54) is 18.6 Å². The highest BCUT2D eigenvalue weighted by molar-refractivity contribution is 7.46. The molecule has 49 heavy (non-hydrogen) atoms. The minimum atomic E-state index is -4.70. The summed E-state index contributed by atoms with van der Waals surface area (Å²) in [5, 5.41) is 11.5. The number of phosphoric ester groups is 1. The average molecular weight is 709 g/mol. The molecule has 1 aromatic carbocycles. The molecule has 2 aliphatic heterocycles. The largest absolute Gasteiger partial charge is 0.524 e. The molecule has 2 aliphatic rings. The first kappa shape index (κ1) is 39.9. The van der Waals surface area contributed by atoms with Crippen LogP contribution in [0.5, 0.6) is 5.75 Å². The van der Waals surface area contributed by atoms with Gasteiger partial charge in [-0.3, -0.25) is 33.8 Å². The molecular formula is C33H53N6O9P. The normalized spacial score (nSPS) is 20.4. The Bertz CT molecular complexity index is 1320. The number of phosphoric acid groups is 1. The van der Waals surface area contributed by atoms with Gasteiger partial charge in [0.25, 0.3) is 0 Å². The van der Waals surface area contributed by atoms with Crippen LogP contribution in [0.25, 0.3) is 0 Å². The van der Waals surface area contributed by atoms with E-state index in [9.17, 15) is 28.5 Å². The van der Waals surface area contributed by atoms with Crippen molar-refractivity contribution < 1.29 is 42.8 Å². The summed E-state index contributed by atoms with van der Waals surface area (Å²) in [4.78, 5) is 85.0. The summed E-state index contributed by atoms with van der Waals surface area (Å²) in [6.45, 7) is 2.60. The second kappa shape index (κ2) is 19.6. The van der Waals surface area contributed by atoms with Gasteiger partial charge in [-0.1, -0.05) is 51.2 Å². The Morgan fingerprint density at radius 3 is 2.33 bits per heavy atom. The van der Waals surface area contributed by atoms with Crippen molar-refractivity contribution in [2.75, 3.05) is 13.6 Å². The molecular weight excluding hydrogens is 655 g/mol. The molecule has 0 bridgehead atoms. The van der Waals surface area contributed by atoms with Gasteiger partial charge in [-0.2, -0.15) is 0 Å². The number of primary amides is 1. The lowest BCUT2D eigenvalue weighted by molar-refractivity contribution is -0.143. The number of hydrogen-bond donors (Lipinski definition) is 7. The van der Waals surface area contributed by atoms with E-state index in [1.807, 2.05) is 0 Å². The van der Waals surface area contributed by atoms with Crippen LogP contribution in [0, 0.1) is 0 Å². The third kappa shape index (κ3) is 13.0. The fourth-order valence-electron chi connectivity index (χ4n) is 6.47. The van der Waals surface area contributed by atoms with Crippen molar-refractivity contribution in [3.05, 3.63) is 29.8 Å². The Morgan fingerprint density at radius 2 is 1.67 bits per heavy atom. The Morgan fingerprint density at radius 1 is 0.980 bits per heavy atom. The lowest BCUT2D eigenvalue weighted by Crippen LogP contribution is -2.58. The summed E-state index contributed by atoms with van der Waals surface area (Å²) in [7, 11) is -3.09. The number of rotatable bonds is 20. The van der Waals surface area contributed by atoms with Crippen molar-refractivity contribution in [3.8, 4) is 5.75 Å². The number of fused-ring (bicyclic) bond motifs is 1. The number of amides is 5. The molecule has 8 N–H and O–H groups in total. The van der Waals surface area contributed by atoms with Crippen LogP contribution < -0.4 is 31.5 Å². The van der Waals surface area contributed by atoms with Crippen LogP contribution in [0.2, 0.25) is 0 Å². The van der Waals surface area contributed by atoms with Gasteiger partial charge in [0.15, 0.2) is 0 Å². The maximum Gasteiger partial charge on any atom is 0.524 e. The third-order valence-electron chi connectivity index (χ3n) is 9.10. The van der Waals surface area contributed by atoms with Crippen molar-refractivity contribution in [2.45, 2.75) is 127 Å². The second-order valence-electron chi connectivity index (χ2n) is 12.9. The number of unbranched alkanes of at least 4 members (excludes halogenated alkanes) is 5. The number of nitrogens with two attached hydrogens (primary N) is 1. The zero-order valence-corrected chi connectivity index (χ0v) is 29.4. The molecule has 2 heterocycles. The van der Waals surface area contributed by atoms with E-state index < -0.39 is 55.6 Å². The first-order valence-electron chi connectivity index (χ1n) is 17.3. The standard InChI is InChI=1S/C33H53N6O9P/c1-3-4-5-6-7-8-20-36-30(41)25(17-19-29(34)40)37-32(43)28-18-14-23-10-9-11-26(33(44)39(23)28)38-31(42)27(35-2)21-22-12-15-24(16-13-22)48-49(45,46)47/h12-13,15-16,23,25-28,35H,3-11,14,17-21H2,1-2H3,(H2,34,40)(H,36,41)(H,37,43)(H,38,42)(H2,45,46,47)/t23-,25-,26-,27-,28-/m0/s1. The molecule has 274 valence electrons. The monoisotopic (exact) mass is 708 g/mol. The van der Waals surface area contributed by atoms with Gasteiger partial charge in [0, 0.05) is 19.0 Å². The van der Waals surface area contributed by atoms with E-state index in [4.69, 9.17) is 15.5 Å². The number of benzene rings is 1. The predicted molar refractivity (Wildman–Crippen MR) is 182 cm³/mol.